The van der Waals surface area contributed by atoms with E-state index in [1.54, 1.807) is 0 Å². The van der Waals surface area contributed by atoms with Gasteiger partial charge in [-0.3, -0.25) is 4.90 Å². The van der Waals surface area contributed by atoms with Crippen LogP contribution in [0.15, 0.2) is 24.3 Å². The summed E-state index contributed by atoms with van der Waals surface area (Å²) in [4.78, 5) is 2.22. The Balaban J connectivity index is 2.17. The number of nitrogens with zero attached hydrogens (tertiary/aromatic N) is 1. The first-order valence-corrected chi connectivity index (χ1v) is 5.23. The summed E-state index contributed by atoms with van der Waals surface area (Å²) in [6.45, 7) is 5.10. The normalized spacial score (nSPS) is 25.7. The molecule has 0 aliphatic carbocycles. The van der Waals surface area contributed by atoms with Crippen LogP contribution in [0.1, 0.15) is 25.5 Å². The minimum atomic E-state index is -0.175. The number of nitrogens with two attached hydrogens (primary N) is 1. The zero-order valence-electron chi connectivity index (χ0n) is 9.53. The number of benzene rings is 1. The Kier molecular flexibility index (Phi) is 2.44. The Morgan fingerprint density at radius 2 is 1.93 bits per heavy atom. The predicted octanol–water partition coefficient (Wildman–Crippen LogP) is 2.01. The van der Waals surface area contributed by atoms with Crippen molar-refractivity contribution in [1.29, 1.82) is 0 Å². The summed E-state index contributed by atoms with van der Waals surface area (Å²) >= 11 is 0. The molecule has 0 amide bonds. The summed E-state index contributed by atoms with van der Waals surface area (Å²) in [7, 11) is 2.08. The van der Waals surface area contributed by atoms with E-state index in [4.69, 9.17) is 10.5 Å². The molecule has 15 heavy (non-hydrogen) atoms. The van der Waals surface area contributed by atoms with Gasteiger partial charge in [0.1, 0.15) is 5.72 Å². The third kappa shape index (κ3) is 1.98. The van der Waals surface area contributed by atoms with Crippen LogP contribution in [-0.2, 0) is 4.74 Å². The Morgan fingerprint density at radius 1 is 1.33 bits per heavy atom. The van der Waals surface area contributed by atoms with Crippen molar-refractivity contribution in [1.82, 2.24) is 4.90 Å². The van der Waals surface area contributed by atoms with Crippen LogP contribution in [0.5, 0.6) is 0 Å². The van der Waals surface area contributed by atoms with Crippen LogP contribution in [0, 0.1) is 0 Å². The minimum absolute atomic E-state index is 0.158. The molecule has 3 nitrogen and oxygen atoms in total. The molecule has 1 aliphatic rings. The number of anilines is 1. The average Bonchev–Trinajstić information content (AvgIpc) is 2.42. The fourth-order valence-electron chi connectivity index (χ4n) is 1.83. The number of hydrogen-bond acceptors (Lipinski definition) is 3. The van der Waals surface area contributed by atoms with E-state index in [1.807, 2.05) is 24.3 Å². The SMILES string of the molecule is CN1CC(c2ccc(N)cc2)OC1(C)C. The molecule has 2 rings (SSSR count). The molecule has 1 aromatic rings. The summed E-state index contributed by atoms with van der Waals surface area (Å²) < 4.78 is 5.97. The molecule has 1 fully saturated rings. The lowest BCUT2D eigenvalue weighted by atomic mass is 10.1. The van der Waals surface area contributed by atoms with Gasteiger partial charge in [-0.15, -0.1) is 0 Å². The molecule has 1 heterocycles. The van der Waals surface area contributed by atoms with E-state index in [2.05, 4.69) is 25.8 Å². The molecular formula is C12H18N2O. The highest BCUT2D eigenvalue weighted by Crippen LogP contribution is 2.34. The molecule has 0 saturated carbocycles. The zero-order chi connectivity index (χ0) is 11.1. The van der Waals surface area contributed by atoms with E-state index in [1.165, 1.54) is 5.56 Å². The Labute approximate surface area is 90.8 Å². The molecule has 1 unspecified atom stereocenters. The zero-order valence-corrected chi connectivity index (χ0v) is 9.53. The largest absolute Gasteiger partial charge is 0.399 e. The van der Waals surface area contributed by atoms with Crippen LogP contribution < -0.4 is 5.73 Å². The highest BCUT2D eigenvalue weighted by Gasteiger charge is 2.37. The molecule has 0 bridgehead atoms. The van der Waals surface area contributed by atoms with Gasteiger partial charge in [0.25, 0.3) is 0 Å². The maximum atomic E-state index is 5.97. The number of hydrogen-bond donors (Lipinski definition) is 1. The van der Waals surface area contributed by atoms with Gasteiger partial charge in [-0.2, -0.15) is 0 Å². The van der Waals surface area contributed by atoms with Crippen LogP contribution in [-0.4, -0.2) is 24.2 Å². The third-order valence-electron chi connectivity index (χ3n) is 3.10. The highest BCUT2D eigenvalue weighted by molar-refractivity contribution is 5.40. The summed E-state index contributed by atoms with van der Waals surface area (Å²) in [6, 6.07) is 7.92. The van der Waals surface area contributed by atoms with Crippen molar-refractivity contribution in [2.75, 3.05) is 19.3 Å². The lowest BCUT2D eigenvalue weighted by Crippen LogP contribution is -2.35. The second-order valence-electron chi connectivity index (χ2n) is 4.60. The van der Waals surface area contributed by atoms with Gasteiger partial charge in [0.2, 0.25) is 0 Å². The first kappa shape index (κ1) is 10.5. The van der Waals surface area contributed by atoms with E-state index < -0.39 is 0 Å². The van der Waals surface area contributed by atoms with Crippen LogP contribution in [0.3, 0.4) is 0 Å². The molecular weight excluding hydrogens is 188 g/mol. The first-order valence-electron chi connectivity index (χ1n) is 5.23. The quantitative estimate of drug-likeness (QED) is 0.714. The number of likely N-dealkylation sites (N-methyl/N-ethyl adjacent to an activating group) is 1. The molecule has 3 heteroatoms. The number of nitrogen functional groups attached to an aromatic ring is 1. The van der Waals surface area contributed by atoms with Crippen molar-refractivity contribution in [2.24, 2.45) is 0 Å². The molecule has 82 valence electrons. The smallest absolute Gasteiger partial charge is 0.116 e. The van der Waals surface area contributed by atoms with E-state index in [9.17, 15) is 0 Å². The molecule has 2 N–H and O–H groups in total. The molecule has 1 aromatic carbocycles. The topological polar surface area (TPSA) is 38.5 Å². The standard InChI is InChI=1S/C12H18N2O/c1-12(2)14(3)8-11(15-12)9-4-6-10(13)7-5-9/h4-7,11H,8,13H2,1-3H3. The molecule has 1 atom stereocenters. The third-order valence-corrected chi connectivity index (χ3v) is 3.10. The second-order valence-corrected chi connectivity index (χ2v) is 4.60. The Hall–Kier alpha value is -1.06. The molecule has 0 radical (unpaired) electrons. The molecule has 0 aromatic heterocycles. The van der Waals surface area contributed by atoms with Gasteiger partial charge in [-0.1, -0.05) is 12.1 Å². The Bertz CT molecular complexity index is 345. The maximum Gasteiger partial charge on any atom is 0.116 e. The van der Waals surface area contributed by atoms with E-state index in [-0.39, 0.29) is 11.8 Å². The van der Waals surface area contributed by atoms with Gasteiger partial charge in [0, 0.05) is 12.2 Å². The second kappa shape index (κ2) is 3.51. The lowest BCUT2D eigenvalue weighted by molar-refractivity contribution is -0.0681. The van der Waals surface area contributed by atoms with E-state index in [0.29, 0.717) is 0 Å². The van der Waals surface area contributed by atoms with Crippen molar-refractivity contribution in [3.63, 3.8) is 0 Å². The summed E-state index contributed by atoms with van der Waals surface area (Å²) in [5.41, 5.74) is 7.47. The van der Waals surface area contributed by atoms with Gasteiger partial charge in [-0.25, -0.2) is 0 Å². The van der Waals surface area contributed by atoms with Gasteiger partial charge in [-0.05, 0) is 38.6 Å². The van der Waals surface area contributed by atoms with Crippen molar-refractivity contribution in [3.8, 4) is 0 Å². The van der Waals surface area contributed by atoms with Crippen LogP contribution >= 0.6 is 0 Å². The van der Waals surface area contributed by atoms with Gasteiger partial charge < -0.3 is 10.5 Å². The fourth-order valence-corrected chi connectivity index (χ4v) is 1.83. The van der Waals surface area contributed by atoms with Crippen molar-refractivity contribution < 1.29 is 4.74 Å². The predicted molar refractivity (Wildman–Crippen MR) is 61.4 cm³/mol. The van der Waals surface area contributed by atoms with Crippen molar-refractivity contribution in [2.45, 2.75) is 25.7 Å². The van der Waals surface area contributed by atoms with E-state index >= 15 is 0 Å². The summed E-state index contributed by atoms with van der Waals surface area (Å²) in [6.07, 6.45) is 0.158. The minimum Gasteiger partial charge on any atom is -0.399 e. The summed E-state index contributed by atoms with van der Waals surface area (Å²) in [5, 5.41) is 0. The monoisotopic (exact) mass is 206 g/mol. The van der Waals surface area contributed by atoms with Crippen molar-refractivity contribution in [3.05, 3.63) is 29.8 Å². The highest BCUT2D eigenvalue weighted by atomic mass is 16.5. The molecule has 0 spiro atoms. The maximum absolute atomic E-state index is 5.97. The lowest BCUT2D eigenvalue weighted by Gasteiger charge is -2.25. The number of rotatable bonds is 1. The van der Waals surface area contributed by atoms with Crippen molar-refractivity contribution >= 4 is 5.69 Å². The summed E-state index contributed by atoms with van der Waals surface area (Å²) in [5.74, 6) is 0. The van der Waals surface area contributed by atoms with Crippen LogP contribution in [0.25, 0.3) is 0 Å². The van der Waals surface area contributed by atoms with Crippen LogP contribution in [0.2, 0.25) is 0 Å². The average molecular weight is 206 g/mol. The van der Waals surface area contributed by atoms with Gasteiger partial charge in [0.05, 0.1) is 6.10 Å². The number of ether oxygens (including phenoxy) is 1. The fraction of sp³-hybridized carbons (Fsp3) is 0.500. The molecule has 1 saturated heterocycles. The first-order chi connectivity index (χ1) is 6.99. The van der Waals surface area contributed by atoms with Gasteiger partial charge >= 0.3 is 0 Å². The van der Waals surface area contributed by atoms with Crippen LogP contribution in [0.4, 0.5) is 5.69 Å². The molecule has 1 aliphatic heterocycles. The van der Waals surface area contributed by atoms with E-state index in [0.717, 1.165) is 12.2 Å². The van der Waals surface area contributed by atoms with Gasteiger partial charge in [0.15, 0.2) is 0 Å². The Morgan fingerprint density at radius 3 is 2.40 bits per heavy atom.